The van der Waals surface area contributed by atoms with Crippen molar-refractivity contribution in [1.29, 1.82) is 0 Å². The molecule has 18 heavy (non-hydrogen) atoms. The number of hydrogen-bond donors (Lipinski definition) is 2. The van der Waals surface area contributed by atoms with Crippen molar-refractivity contribution in [3.05, 3.63) is 0 Å². The van der Waals surface area contributed by atoms with Crippen LogP contribution in [0.25, 0.3) is 0 Å². The zero-order chi connectivity index (χ0) is 12.8. The minimum absolute atomic E-state index is 0.0299. The maximum atomic E-state index is 11.9. The van der Waals surface area contributed by atoms with Crippen molar-refractivity contribution >= 4 is 5.91 Å². The van der Waals surface area contributed by atoms with Gasteiger partial charge in [-0.25, -0.2) is 0 Å². The first-order chi connectivity index (χ1) is 8.79. The van der Waals surface area contributed by atoms with Crippen LogP contribution in [0.4, 0.5) is 0 Å². The average Bonchev–Trinajstić information content (AvgIpc) is 2.40. The summed E-state index contributed by atoms with van der Waals surface area (Å²) in [4.78, 5) is 13.9. The van der Waals surface area contributed by atoms with E-state index in [4.69, 9.17) is 9.47 Å². The summed E-state index contributed by atoms with van der Waals surface area (Å²) in [5, 5.41) is 12.3. The summed E-state index contributed by atoms with van der Waals surface area (Å²) in [6.07, 6.45) is 1.77. The number of nitrogens with one attached hydrogen (secondary N) is 1. The molecule has 0 aromatic heterocycles. The first-order valence-corrected chi connectivity index (χ1v) is 6.59. The Morgan fingerprint density at radius 1 is 1.28 bits per heavy atom. The van der Waals surface area contributed by atoms with Gasteiger partial charge in [-0.3, -0.25) is 9.69 Å². The van der Waals surface area contributed by atoms with Crippen LogP contribution in [0.3, 0.4) is 0 Å². The maximum Gasteiger partial charge on any atom is 0.234 e. The molecule has 1 unspecified atom stereocenters. The molecule has 0 aromatic carbocycles. The van der Waals surface area contributed by atoms with Crippen molar-refractivity contribution in [1.82, 2.24) is 10.2 Å². The fourth-order valence-electron chi connectivity index (χ4n) is 2.37. The van der Waals surface area contributed by atoms with Crippen molar-refractivity contribution in [3.63, 3.8) is 0 Å². The number of carbonyl (C=O) groups excluding carboxylic acids is 1. The molecule has 2 saturated heterocycles. The molecule has 6 nitrogen and oxygen atoms in total. The lowest BCUT2D eigenvalue weighted by Gasteiger charge is -2.34. The van der Waals surface area contributed by atoms with Crippen LogP contribution in [0.5, 0.6) is 0 Å². The van der Waals surface area contributed by atoms with Crippen LogP contribution in [-0.2, 0) is 14.3 Å². The average molecular weight is 258 g/mol. The second kappa shape index (κ2) is 7.04. The summed E-state index contributed by atoms with van der Waals surface area (Å²) >= 11 is 0. The Kier molecular flexibility index (Phi) is 5.37. The molecule has 0 bridgehead atoms. The third kappa shape index (κ3) is 3.91. The minimum atomic E-state index is -0.0563. The SMILES string of the molecule is O=C(CN1CCOCC1CO)NC1CCOCC1. The van der Waals surface area contributed by atoms with E-state index in [0.717, 1.165) is 26.1 Å². The van der Waals surface area contributed by atoms with Gasteiger partial charge in [-0.05, 0) is 12.8 Å². The fourth-order valence-corrected chi connectivity index (χ4v) is 2.37. The standard InChI is InChI=1S/C12H22N2O4/c15-8-11-9-18-6-3-14(11)7-12(16)13-10-1-4-17-5-2-10/h10-11,15H,1-9H2,(H,13,16). The molecule has 2 aliphatic heterocycles. The van der Waals surface area contributed by atoms with Gasteiger partial charge in [-0.15, -0.1) is 0 Å². The topological polar surface area (TPSA) is 71.0 Å². The van der Waals surface area contributed by atoms with Crippen molar-refractivity contribution in [2.24, 2.45) is 0 Å². The highest BCUT2D eigenvalue weighted by Gasteiger charge is 2.25. The highest BCUT2D eigenvalue weighted by Crippen LogP contribution is 2.08. The first kappa shape index (κ1) is 13.7. The zero-order valence-electron chi connectivity index (χ0n) is 10.6. The zero-order valence-corrected chi connectivity index (χ0v) is 10.6. The van der Waals surface area contributed by atoms with Crippen LogP contribution < -0.4 is 5.32 Å². The third-order valence-electron chi connectivity index (χ3n) is 3.49. The summed E-state index contributed by atoms with van der Waals surface area (Å²) in [5.74, 6) is 0.0299. The quantitative estimate of drug-likeness (QED) is 0.675. The number of carbonyl (C=O) groups is 1. The summed E-state index contributed by atoms with van der Waals surface area (Å²) in [6.45, 7) is 3.65. The third-order valence-corrected chi connectivity index (χ3v) is 3.49. The molecule has 1 amide bonds. The van der Waals surface area contributed by atoms with E-state index in [1.165, 1.54) is 0 Å². The molecular weight excluding hydrogens is 236 g/mol. The van der Waals surface area contributed by atoms with Crippen LogP contribution in [0.15, 0.2) is 0 Å². The molecule has 2 heterocycles. The van der Waals surface area contributed by atoms with Crippen molar-refractivity contribution in [3.8, 4) is 0 Å². The van der Waals surface area contributed by atoms with Gasteiger partial charge in [0.2, 0.25) is 5.91 Å². The van der Waals surface area contributed by atoms with E-state index in [2.05, 4.69) is 5.32 Å². The number of ether oxygens (including phenoxy) is 2. The second-order valence-corrected chi connectivity index (χ2v) is 4.84. The van der Waals surface area contributed by atoms with Crippen molar-refractivity contribution < 1.29 is 19.4 Å². The van der Waals surface area contributed by atoms with Gasteiger partial charge >= 0.3 is 0 Å². The Morgan fingerprint density at radius 2 is 2.06 bits per heavy atom. The summed E-state index contributed by atoms with van der Waals surface area (Å²) in [5.41, 5.74) is 0. The van der Waals surface area contributed by atoms with Gasteiger partial charge in [-0.2, -0.15) is 0 Å². The lowest BCUT2D eigenvalue weighted by molar-refractivity contribution is -0.126. The van der Waals surface area contributed by atoms with E-state index in [1.807, 2.05) is 4.90 Å². The predicted molar refractivity (Wildman–Crippen MR) is 65.2 cm³/mol. The monoisotopic (exact) mass is 258 g/mol. The molecule has 0 saturated carbocycles. The number of rotatable bonds is 4. The molecule has 2 rings (SSSR count). The molecule has 2 fully saturated rings. The fraction of sp³-hybridized carbons (Fsp3) is 0.917. The van der Waals surface area contributed by atoms with Gasteiger partial charge in [0.25, 0.3) is 0 Å². The largest absolute Gasteiger partial charge is 0.395 e. The molecule has 2 aliphatic rings. The first-order valence-electron chi connectivity index (χ1n) is 6.59. The lowest BCUT2D eigenvalue weighted by Crippen LogP contribution is -2.52. The number of aliphatic hydroxyl groups is 1. The van der Waals surface area contributed by atoms with E-state index in [-0.39, 0.29) is 24.6 Å². The summed E-state index contributed by atoms with van der Waals surface area (Å²) in [6, 6.07) is 0.180. The molecule has 6 heteroatoms. The van der Waals surface area contributed by atoms with Crippen LogP contribution in [0.1, 0.15) is 12.8 Å². The van der Waals surface area contributed by atoms with Crippen LogP contribution in [0.2, 0.25) is 0 Å². The molecule has 1 atom stereocenters. The molecule has 0 aromatic rings. The van der Waals surface area contributed by atoms with Gasteiger partial charge in [0.05, 0.1) is 32.4 Å². The Balaban J connectivity index is 1.75. The molecule has 0 radical (unpaired) electrons. The van der Waals surface area contributed by atoms with Crippen molar-refractivity contribution in [2.45, 2.75) is 24.9 Å². The molecule has 2 N–H and O–H groups in total. The number of hydrogen-bond acceptors (Lipinski definition) is 5. The Morgan fingerprint density at radius 3 is 2.78 bits per heavy atom. The highest BCUT2D eigenvalue weighted by molar-refractivity contribution is 5.78. The second-order valence-electron chi connectivity index (χ2n) is 4.84. The molecular formula is C12H22N2O4. The highest BCUT2D eigenvalue weighted by atomic mass is 16.5. The smallest absolute Gasteiger partial charge is 0.234 e. The Labute approximate surface area is 107 Å². The normalized spacial score (nSPS) is 27.1. The van der Waals surface area contributed by atoms with Crippen LogP contribution in [-0.4, -0.2) is 74.1 Å². The van der Waals surface area contributed by atoms with E-state index in [0.29, 0.717) is 26.3 Å². The Hall–Kier alpha value is -0.690. The summed E-state index contributed by atoms with van der Waals surface area (Å²) < 4.78 is 10.5. The van der Waals surface area contributed by atoms with Gasteiger partial charge in [-0.1, -0.05) is 0 Å². The van der Waals surface area contributed by atoms with E-state index in [9.17, 15) is 9.90 Å². The number of amides is 1. The van der Waals surface area contributed by atoms with E-state index >= 15 is 0 Å². The Bertz CT molecular complexity index is 269. The minimum Gasteiger partial charge on any atom is -0.395 e. The number of nitrogens with zero attached hydrogens (tertiary/aromatic N) is 1. The number of morpholine rings is 1. The summed E-state index contributed by atoms with van der Waals surface area (Å²) in [7, 11) is 0. The van der Waals surface area contributed by atoms with Crippen molar-refractivity contribution in [2.75, 3.05) is 46.1 Å². The van der Waals surface area contributed by atoms with Gasteiger partial charge in [0, 0.05) is 25.8 Å². The molecule has 0 spiro atoms. The van der Waals surface area contributed by atoms with Gasteiger partial charge in [0.15, 0.2) is 0 Å². The van der Waals surface area contributed by atoms with Gasteiger partial charge in [0.1, 0.15) is 0 Å². The molecule has 0 aliphatic carbocycles. The predicted octanol–water partition coefficient (Wildman–Crippen LogP) is -1.03. The van der Waals surface area contributed by atoms with E-state index < -0.39 is 0 Å². The lowest BCUT2D eigenvalue weighted by atomic mass is 10.1. The van der Waals surface area contributed by atoms with Crippen LogP contribution >= 0.6 is 0 Å². The maximum absolute atomic E-state index is 11.9. The van der Waals surface area contributed by atoms with Gasteiger partial charge < -0.3 is 19.9 Å². The van der Waals surface area contributed by atoms with E-state index in [1.54, 1.807) is 0 Å². The number of aliphatic hydroxyl groups excluding tert-OH is 1. The van der Waals surface area contributed by atoms with Crippen LogP contribution in [0, 0.1) is 0 Å². The molecule has 104 valence electrons.